The zero-order valence-electron chi connectivity index (χ0n) is 17.4. The molecule has 162 valence electrons. The van der Waals surface area contributed by atoms with Crippen molar-refractivity contribution in [1.82, 2.24) is 0 Å². The van der Waals surface area contributed by atoms with E-state index in [0.29, 0.717) is 22.0 Å². The highest BCUT2D eigenvalue weighted by atomic mass is 79.9. The van der Waals surface area contributed by atoms with Gasteiger partial charge in [-0.2, -0.15) is 0 Å². The maximum Gasteiger partial charge on any atom is 0.316 e. The normalized spacial score (nSPS) is 22.5. The summed E-state index contributed by atoms with van der Waals surface area (Å²) in [6.45, 7) is 1.88. The maximum absolute atomic E-state index is 13.6. The summed E-state index contributed by atoms with van der Waals surface area (Å²) < 4.78 is 10.7. The van der Waals surface area contributed by atoms with Gasteiger partial charge in [-0.05, 0) is 58.1 Å². The van der Waals surface area contributed by atoms with Crippen LogP contribution in [0.25, 0.3) is 0 Å². The van der Waals surface area contributed by atoms with E-state index in [4.69, 9.17) is 9.47 Å². The summed E-state index contributed by atoms with van der Waals surface area (Å²) in [4.78, 5) is 26.1. The number of phenolic OH excluding ortho intramolecular Hbond substituents is 1. The molecule has 4 rings (SSSR count). The van der Waals surface area contributed by atoms with Crippen LogP contribution < -0.4 is 15.4 Å². The molecule has 7 nitrogen and oxygen atoms in total. The molecule has 2 aromatic rings. The molecule has 0 saturated heterocycles. The van der Waals surface area contributed by atoms with Crippen LogP contribution in [-0.2, 0) is 14.3 Å². The van der Waals surface area contributed by atoms with E-state index in [-0.39, 0.29) is 23.2 Å². The molecule has 1 heterocycles. The molecule has 2 aromatic carbocycles. The highest BCUT2D eigenvalue weighted by Gasteiger charge is 2.44. The number of aromatic hydroxyl groups is 1. The van der Waals surface area contributed by atoms with E-state index < -0.39 is 17.9 Å². The SMILES string of the molecule is COC(=O)[C@@H]1C(=O)C2=C(C[C@@H]1C)Nc1ccccc1N[C@@H]2c1cc(Br)c(O)c(OC)c1. The Kier molecular flexibility index (Phi) is 5.66. The number of para-hydroxylation sites is 2. The minimum atomic E-state index is -0.876. The number of carbonyl (C=O) groups excluding carboxylic acids is 2. The standard InChI is InChI=1S/C23H23BrN2O5/c1-11-8-16-19(22(28)18(11)23(29)31-3)20(26-15-7-5-4-6-14(15)25-16)12-9-13(24)21(27)17(10-12)30-2/h4-7,9-11,18,20,25-27H,8H2,1-3H3/t11-,18-,20+/m0/s1. The van der Waals surface area contributed by atoms with Gasteiger partial charge in [-0.15, -0.1) is 0 Å². The van der Waals surface area contributed by atoms with E-state index in [9.17, 15) is 14.7 Å². The first-order valence-corrected chi connectivity index (χ1v) is 10.7. The molecule has 0 unspecified atom stereocenters. The lowest BCUT2D eigenvalue weighted by molar-refractivity contribution is -0.151. The van der Waals surface area contributed by atoms with E-state index in [1.165, 1.54) is 14.2 Å². The number of esters is 1. The fraction of sp³-hybridized carbons (Fsp3) is 0.304. The second kappa shape index (κ2) is 8.26. The summed E-state index contributed by atoms with van der Waals surface area (Å²) in [6, 6.07) is 10.5. The van der Waals surface area contributed by atoms with Crippen molar-refractivity contribution in [1.29, 1.82) is 0 Å². The Morgan fingerprint density at radius 1 is 1.19 bits per heavy atom. The van der Waals surface area contributed by atoms with Crippen LogP contribution in [0.4, 0.5) is 11.4 Å². The van der Waals surface area contributed by atoms with Gasteiger partial charge in [-0.25, -0.2) is 0 Å². The molecule has 2 aliphatic rings. The Labute approximate surface area is 188 Å². The summed E-state index contributed by atoms with van der Waals surface area (Å²) in [7, 11) is 2.76. The number of halogens is 1. The number of nitrogens with one attached hydrogen (secondary N) is 2. The molecule has 0 radical (unpaired) electrons. The van der Waals surface area contributed by atoms with Gasteiger partial charge in [0.15, 0.2) is 17.3 Å². The van der Waals surface area contributed by atoms with Gasteiger partial charge in [0.05, 0.1) is 36.1 Å². The summed E-state index contributed by atoms with van der Waals surface area (Å²) in [5, 5.41) is 17.1. The summed E-state index contributed by atoms with van der Waals surface area (Å²) in [6.07, 6.45) is 0.518. The first kappa shape index (κ1) is 21.2. The number of anilines is 2. The average Bonchev–Trinajstić information content (AvgIpc) is 2.91. The molecule has 1 aliphatic heterocycles. The van der Waals surface area contributed by atoms with E-state index in [2.05, 4.69) is 26.6 Å². The molecule has 3 atom stereocenters. The van der Waals surface area contributed by atoms with Crippen molar-refractivity contribution in [3.8, 4) is 11.5 Å². The van der Waals surface area contributed by atoms with Gasteiger partial charge in [0, 0.05) is 11.3 Å². The molecule has 0 spiro atoms. The Balaban J connectivity index is 1.91. The molecule has 0 aromatic heterocycles. The fourth-order valence-electron chi connectivity index (χ4n) is 4.30. The van der Waals surface area contributed by atoms with Gasteiger partial charge >= 0.3 is 5.97 Å². The van der Waals surface area contributed by atoms with E-state index in [1.807, 2.05) is 31.2 Å². The number of hydrogen-bond acceptors (Lipinski definition) is 7. The molecule has 8 heteroatoms. The number of rotatable bonds is 3. The van der Waals surface area contributed by atoms with Crippen molar-refractivity contribution in [3.05, 3.63) is 57.7 Å². The number of fused-ring (bicyclic) bond motifs is 1. The van der Waals surface area contributed by atoms with Crippen LogP contribution >= 0.6 is 15.9 Å². The van der Waals surface area contributed by atoms with Crippen molar-refractivity contribution in [2.24, 2.45) is 11.8 Å². The topological polar surface area (TPSA) is 96.9 Å². The van der Waals surface area contributed by atoms with Crippen LogP contribution in [0.1, 0.15) is 24.9 Å². The number of methoxy groups -OCH3 is 2. The lowest BCUT2D eigenvalue weighted by Crippen LogP contribution is -2.39. The molecular weight excluding hydrogens is 464 g/mol. The molecule has 0 fully saturated rings. The van der Waals surface area contributed by atoms with Crippen molar-refractivity contribution >= 4 is 39.1 Å². The lowest BCUT2D eigenvalue weighted by atomic mass is 9.75. The summed E-state index contributed by atoms with van der Waals surface area (Å²) in [5.41, 5.74) is 3.62. The number of carbonyl (C=O) groups is 2. The first-order valence-electron chi connectivity index (χ1n) is 9.89. The number of phenols is 1. The predicted octanol–water partition coefficient (Wildman–Crippen LogP) is 4.39. The molecular formula is C23H23BrN2O5. The lowest BCUT2D eigenvalue weighted by Gasteiger charge is -2.32. The summed E-state index contributed by atoms with van der Waals surface area (Å²) >= 11 is 3.37. The highest BCUT2D eigenvalue weighted by Crippen LogP contribution is 2.46. The van der Waals surface area contributed by atoms with E-state index in [0.717, 1.165) is 17.1 Å². The third kappa shape index (κ3) is 3.65. The molecule has 31 heavy (non-hydrogen) atoms. The van der Waals surface area contributed by atoms with Gasteiger partial charge in [0.2, 0.25) is 0 Å². The van der Waals surface area contributed by atoms with Crippen molar-refractivity contribution in [3.63, 3.8) is 0 Å². The molecule has 0 amide bonds. The highest BCUT2D eigenvalue weighted by molar-refractivity contribution is 9.10. The first-order chi connectivity index (χ1) is 14.8. The van der Waals surface area contributed by atoms with Crippen LogP contribution in [-0.4, -0.2) is 31.1 Å². The largest absolute Gasteiger partial charge is 0.503 e. The quantitative estimate of drug-likeness (QED) is 0.437. The molecule has 3 N–H and O–H groups in total. The minimum Gasteiger partial charge on any atom is -0.503 e. The number of benzene rings is 2. The molecule has 1 aliphatic carbocycles. The number of ether oxygens (including phenoxy) is 2. The molecule has 0 bridgehead atoms. The van der Waals surface area contributed by atoms with Crippen molar-refractivity contribution < 1.29 is 24.2 Å². The van der Waals surface area contributed by atoms with Gasteiger partial charge < -0.3 is 25.2 Å². The zero-order valence-corrected chi connectivity index (χ0v) is 18.9. The minimum absolute atomic E-state index is 0.0244. The van der Waals surface area contributed by atoms with Gasteiger partial charge in [0.25, 0.3) is 0 Å². The number of allylic oxidation sites excluding steroid dienone is 1. The van der Waals surface area contributed by atoms with Crippen molar-refractivity contribution in [2.45, 2.75) is 19.4 Å². The monoisotopic (exact) mass is 486 g/mol. The second-order valence-electron chi connectivity index (χ2n) is 7.74. The van der Waals surface area contributed by atoms with Crippen molar-refractivity contribution in [2.75, 3.05) is 24.9 Å². The maximum atomic E-state index is 13.6. The van der Waals surface area contributed by atoms with Crippen LogP contribution in [0.15, 0.2) is 52.1 Å². The number of Topliss-reactive ketones (excluding diaryl/α,β-unsaturated/α-hetero) is 1. The van der Waals surface area contributed by atoms with Crippen LogP contribution in [0, 0.1) is 11.8 Å². The molecule has 0 saturated carbocycles. The van der Waals surface area contributed by atoms with Crippen LogP contribution in [0.3, 0.4) is 0 Å². The zero-order chi connectivity index (χ0) is 22.3. The van der Waals surface area contributed by atoms with Gasteiger partial charge in [0.1, 0.15) is 5.92 Å². The van der Waals surface area contributed by atoms with Gasteiger partial charge in [-0.1, -0.05) is 19.1 Å². The number of hydrogen-bond donors (Lipinski definition) is 3. The average molecular weight is 487 g/mol. The second-order valence-corrected chi connectivity index (χ2v) is 8.59. The Morgan fingerprint density at radius 2 is 1.90 bits per heavy atom. The van der Waals surface area contributed by atoms with Crippen LogP contribution in [0.2, 0.25) is 0 Å². The third-order valence-electron chi connectivity index (χ3n) is 5.83. The van der Waals surface area contributed by atoms with E-state index >= 15 is 0 Å². The summed E-state index contributed by atoms with van der Waals surface area (Å²) in [5.74, 6) is -1.64. The van der Waals surface area contributed by atoms with Crippen LogP contribution in [0.5, 0.6) is 11.5 Å². The predicted molar refractivity (Wildman–Crippen MR) is 120 cm³/mol. The fourth-order valence-corrected chi connectivity index (χ4v) is 4.76. The number of ketones is 1. The Morgan fingerprint density at radius 3 is 2.58 bits per heavy atom. The third-order valence-corrected chi connectivity index (χ3v) is 6.43. The smallest absolute Gasteiger partial charge is 0.316 e. The van der Waals surface area contributed by atoms with E-state index in [1.54, 1.807) is 12.1 Å². The Bertz CT molecular complexity index is 1100. The van der Waals surface area contributed by atoms with Gasteiger partial charge in [-0.3, -0.25) is 9.59 Å². The Hall–Kier alpha value is -3.00.